The predicted octanol–water partition coefficient (Wildman–Crippen LogP) is 1.43. The summed E-state index contributed by atoms with van der Waals surface area (Å²) >= 11 is 0. The maximum absolute atomic E-state index is 12.0. The van der Waals surface area contributed by atoms with E-state index in [9.17, 15) is 19.7 Å². The molecule has 114 valence electrons. The summed E-state index contributed by atoms with van der Waals surface area (Å²) in [5.74, 6) is 0.619. The Labute approximate surface area is 123 Å². The third-order valence-corrected chi connectivity index (χ3v) is 3.35. The van der Waals surface area contributed by atoms with Crippen LogP contribution in [-0.4, -0.2) is 27.6 Å². The van der Waals surface area contributed by atoms with E-state index in [1.165, 1.54) is 29.2 Å². The van der Waals surface area contributed by atoms with Gasteiger partial charge in [0.15, 0.2) is 5.76 Å². The van der Waals surface area contributed by atoms with Crippen molar-refractivity contribution >= 4 is 11.8 Å². The molecule has 0 spiro atoms. The van der Waals surface area contributed by atoms with Gasteiger partial charge in [0.1, 0.15) is 5.75 Å². The highest BCUT2D eigenvalue weighted by Crippen LogP contribution is 2.20. The Morgan fingerprint density at radius 3 is 2.77 bits per heavy atom. The summed E-state index contributed by atoms with van der Waals surface area (Å²) in [7, 11) is 0. The molecule has 1 aromatic carbocycles. The van der Waals surface area contributed by atoms with Crippen LogP contribution in [0.3, 0.4) is 0 Å². The Bertz CT molecular complexity index is 776. The molecule has 0 fully saturated rings. The third kappa shape index (κ3) is 2.55. The quantitative estimate of drug-likeness (QED) is 0.662. The van der Waals surface area contributed by atoms with Crippen LogP contribution in [0.25, 0.3) is 0 Å². The molecular formula is C13H11N3O6. The van der Waals surface area contributed by atoms with Crippen molar-refractivity contribution in [3.8, 4) is 5.75 Å². The smallest absolute Gasteiger partial charge is 0.410 e. The highest BCUT2D eigenvalue weighted by atomic mass is 16.6. The summed E-state index contributed by atoms with van der Waals surface area (Å²) < 4.78 is 10.1. The van der Waals surface area contributed by atoms with Crippen LogP contribution >= 0.6 is 0 Å². The molecular weight excluding hydrogens is 294 g/mol. The number of nitro groups is 1. The molecule has 9 nitrogen and oxygen atoms in total. The van der Waals surface area contributed by atoms with Gasteiger partial charge in [-0.25, -0.2) is 4.79 Å². The second-order valence-corrected chi connectivity index (χ2v) is 4.73. The third-order valence-electron chi connectivity index (χ3n) is 3.35. The largest absolute Gasteiger partial charge is 0.415 e. The Hall–Kier alpha value is -3.10. The number of fused-ring (bicyclic) bond motifs is 1. The zero-order valence-electron chi connectivity index (χ0n) is 11.3. The highest BCUT2D eigenvalue weighted by molar-refractivity contribution is 5.71. The average Bonchev–Trinajstić information content (AvgIpc) is 2.88. The Balaban J connectivity index is 1.68. The van der Waals surface area contributed by atoms with Crippen LogP contribution in [0, 0.1) is 10.1 Å². The lowest BCUT2D eigenvalue weighted by molar-refractivity contribution is -0.384. The van der Waals surface area contributed by atoms with Gasteiger partial charge < -0.3 is 9.26 Å². The first kappa shape index (κ1) is 13.9. The standard InChI is InChI=1S/C13H11N3O6/c17-12-10-5-6-15(7-11(10)22-14-12)13(18)21-9-3-1-8(2-4-9)16(19)20/h1-4H,5-7H2,(H,14,17). The molecule has 0 atom stereocenters. The number of non-ortho nitro benzene ring substituents is 1. The first-order valence-electron chi connectivity index (χ1n) is 6.45. The van der Waals surface area contributed by atoms with Crippen molar-refractivity contribution in [3.63, 3.8) is 0 Å². The molecule has 0 radical (unpaired) electrons. The minimum atomic E-state index is -0.608. The van der Waals surface area contributed by atoms with Crippen molar-refractivity contribution < 1.29 is 19.0 Å². The highest BCUT2D eigenvalue weighted by Gasteiger charge is 2.27. The molecule has 9 heteroatoms. The van der Waals surface area contributed by atoms with E-state index in [1.54, 1.807) is 0 Å². The second kappa shape index (κ2) is 5.35. The fourth-order valence-corrected chi connectivity index (χ4v) is 2.19. The zero-order valence-corrected chi connectivity index (χ0v) is 11.3. The van der Waals surface area contributed by atoms with Gasteiger partial charge >= 0.3 is 6.09 Å². The number of ether oxygens (including phenoxy) is 1. The SMILES string of the molecule is O=C(Oc1ccc([N+](=O)[O-])cc1)N1CCc2c(o[nH]c2=O)C1. The first-order chi connectivity index (χ1) is 10.5. The molecule has 1 amide bonds. The van der Waals surface area contributed by atoms with E-state index < -0.39 is 11.0 Å². The maximum Gasteiger partial charge on any atom is 0.415 e. The number of nitrogens with one attached hydrogen (secondary N) is 1. The number of carbonyl (C=O) groups excluding carboxylic acids is 1. The molecule has 1 aliphatic rings. The molecule has 1 aromatic heterocycles. The number of benzene rings is 1. The van der Waals surface area contributed by atoms with Crippen molar-refractivity contribution in [2.75, 3.05) is 6.54 Å². The number of rotatable bonds is 2. The first-order valence-corrected chi connectivity index (χ1v) is 6.45. The molecule has 2 aromatic rings. The van der Waals surface area contributed by atoms with Crippen LogP contribution in [0.15, 0.2) is 33.6 Å². The lowest BCUT2D eigenvalue weighted by atomic mass is 10.1. The van der Waals surface area contributed by atoms with Crippen molar-refractivity contribution in [1.82, 2.24) is 10.1 Å². The van der Waals surface area contributed by atoms with E-state index in [4.69, 9.17) is 9.26 Å². The predicted molar refractivity (Wildman–Crippen MR) is 72.6 cm³/mol. The van der Waals surface area contributed by atoms with Gasteiger partial charge in [0.2, 0.25) is 0 Å². The van der Waals surface area contributed by atoms with Gasteiger partial charge in [-0.3, -0.25) is 19.8 Å². The second-order valence-electron chi connectivity index (χ2n) is 4.73. The van der Waals surface area contributed by atoms with Gasteiger partial charge in [-0.1, -0.05) is 0 Å². The van der Waals surface area contributed by atoms with Gasteiger partial charge in [0.25, 0.3) is 11.2 Å². The number of nitrogens with zero attached hydrogens (tertiary/aromatic N) is 2. The molecule has 0 saturated carbocycles. The van der Waals surface area contributed by atoms with Gasteiger partial charge in [-0.2, -0.15) is 5.16 Å². The molecule has 2 heterocycles. The van der Waals surface area contributed by atoms with Crippen LogP contribution in [0.5, 0.6) is 5.75 Å². The number of amides is 1. The topological polar surface area (TPSA) is 119 Å². The molecule has 0 saturated heterocycles. The summed E-state index contributed by atoms with van der Waals surface area (Å²) in [5.41, 5.74) is 0.175. The number of nitro benzene ring substituents is 1. The molecule has 0 unspecified atom stereocenters. The van der Waals surface area contributed by atoms with Crippen molar-refractivity contribution in [2.24, 2.45) is 0 Å². The van der Waals surface area contributed by atoms with Crippen molar-refractivity contribution in [2.45, 2.75) is 13.0 Å². The lowest BCUT2D eigenvalue weighted by Gasteiger charge is -2.24. The number of aromatic amines is 1. The van der Waals surface area contributed by atoms with Gasteiger partial charge in [0.05, 0.1) is 17.0 Å². The molecule has 1 aliphatic heterocycles. The number of hydrogen-bond donors (Lipinski definition) is 1. The number of H-pyrrole nitrogens is 1. The monoisotopic (exact) mass is 305 g/mol. The van der Waals surface area contributed by atoms with Crippen LogP contribution in [-0.2, 0) is 13.0 Å². The summed E-state index contributed by atoms with van der Waals surface area (Å²) in [6, 6.07) is 5.20. The fourth-order valence-electron chi connectivity index (χ4n) is 2.19. The summed E-state index contributed by atoms with van der Waals surface area (Å²) in [4.78, 5) is 34.8. The Morgan fingerprint density at radius 2 is 2.09 bits per heavy atom. The van der Waals surface area contributed by atoms with Crippen molar-refractivity contribution in [1.29, 1.82) is 0 Å². The zero-order chi connectivity index (χ0) is 15.7. The molecule has 0 aliphatic carbocycles. The Morgan fingerprint density at radius 1 is 1.36 bits per heavy atom. The van der Waals surface area contributed by atoms with Crippen LogP contribution in [0.4, 0.5) is 10.5 Å². The molecule has 22 heavy (non-hydrogen) atoms. The van der Waals surface area contributed by atoms with E-state index in [1.807, 2.05) is 0 Å². The van der Waals surface area contributed by atoms with Gasteiger partial charge in [0, 0.05) is 18.7 Å². The van der Waals surface area contributed by atoms with Crippen LogP contribution < -0.4 is 10.3 Å². The number of carbonyl (C=O) groups is 1. The maximum atomic E-state index is 12.0. The van der Waals surface area contributed by atoms with Gasteiger partial charge in [-0.15, -0.1) is 0 Å². The molecule has 0 bridgehead atoms. The van der Waals surface area contributed by atoms with Crippen molar-refractivity contribution in [3.05, 3.63) is 56.1 Å². The summed E-state index contributed by atoms with van der Waals surface area (Å²) in [6.45, 7) is 0.474. The van der Waals surface area contributed by atoms with Gasteiger partial charge in [-0.05, 0) is 18.6 Å². The summed E-state index contributed by atoms with van der Waals surface area (Å²) in [6.07, 6.45) is -0.223. The molecule has 1 N–H and O–H groups in total. The van der Waals surface area contributed by atoms with Crippen LogP contribution in [0.2, 0.25) is 0 Å². The van der Waals surface area contributed by atoms with E-state index in [-0.39, 0.29) is 23.5 Å². The van der Waals surface area contributed by atoms with Crippen LogP contribution in [0.1, 0.15) is 11.3 Å². The minimum Gasteiger partial charge on any atom is -0.410 e. The summed E-state index contributed by atoms with van der Waals surface area (Å²) in [5, 5.41) is 12.8. The van der Waals surface area contributed by atoms with E-state index >= 15 is 0 Å². The average molecular weight is 305 g/mol. The van der Waals surface area contributed by atoms with E-state index in [2.05, 4.69) is 5.16 Å². The van der Waals surface area contributed by atoms with E-state index in [0.717, 1.165) is 0 Å². The van der Waals surface area contributed by atoms with E-state index in [0.29, 0.717) is 24.3 Å². The lowest BCUT2D eigenvalue weighted by Crippen LogP contribution is -2.38. The normalized spacial score (nSPS) is 13.5. The Kier molecular flexibility index (Phi) is 3.37. The minimum absolute atomic E-state index is 0.0866. The number of hydrogen-bond acceptors (Lipinski definition) is 6. The number of aromatic nitrogens is 1. The molecule has 3 rings (SSSR count). The fraction of sp³-hybridized carbons (Fsp3) is 0.231.